The first-order chi connectivity index (χ1) is 7.18. The quantitative estimate of drug-likeness (QED) is 0.767. The first-order valence-electron chi connectivity index (χ1n) is 4.84. The van der Waals surface area contributed by atoms with Gasteiger partial charge in [-0.05, 0) is 13.8 Å². The minimum absolute atomic E-state index is 0.557. The van der Waals surface area contributed by atoms with E-state index < -0.39 is 0 Å². The molecule has 0 saturated carbocycles. The van der Waals surface area contributed by atoms with E-state index in [4.69, 9.17) is 5.73 Å². The molecule has 0 saturated heterocycles. The Morgan fingerprint density at radius 2 is 1.67 bits per heavy atom. The number of nitrogen functional groups attached to an aromatic ring is 1. The van der Waals surface area contributed by atoms with Gasteiger partial charge in [-0.1, -0.05) is 30.3 Å². The van der Waals surface area contributed by atoms with Crippen molar-refractivity contribution in [1.82, 2.24) is 9.97 Å². The number of hydrogen-bond donors (Lipinski definition) is 1. The molecule has 0 aliphatic heterocycles. The molecule has 0 bridgehead atoms. The van der Waals surface area contributed by atoms with E-state index in [-0.39, 0.29) is 0 Å². The smallest absolute Gasteiger partial charge is 0.130 e. The Morgan fingerprint density at radius 3 is 2.33 bits per heavy atom. The SMILES string of the molecule is Cc1nc(N)c(C)c(-c2ccccc2)n1. The summed E-state index contributed by atoms with van der Waals surface area (Å²) in [5.41, 5.74) is 8.74. The van der Waals surface area contributed by atoms with Crippen molar-refractivity contribution in [2.45, 2.75) is 13.8 Å². The van der Waals surface area contributed by atoms with E-state index in [9.17, 15) is 0 Å². The molecule has 0 aliphatic carbocycles. The van der Waals surface area contributed by atoms with Crippen molar-refractivity contribution in [3.8, 4) is 11.3 Å². The van der Waals surface area contributed by atoms with Gasteiger partial charge in [0.15, 0.2) is 0 Å². The fraction of sp³-hybridized carbons (Fsp3) is 0.167. The Bertz CT molecular complexity index is 478. The molecular weight excluding hydrogens is 186 g/mol. The first-order valence-corrected chi connectivity index (χ1v) is 4.84. The number of anilines is 1. The van der Waals surface area contributed by atoms with Gasteiger partial charge in [-0.2, -0.15) is 0 Å². The second-order valence-electron chi connectivity index (χ2n) is 3.50. The lowest BCUT2D eigenvalue weighted by Crippen LogP contribution is -2.01. The zero-order valence-electron chi connectivity index (χ0n) is 8.86. The fourth-order valence-electron chi connectivity index (χ4n) is 1.53. The highest BCUT2D eigenvalue weighted by molar-refractivity contribution is 5.66. The predicted molar refractivity (Wildman–Crippen MR) is 61.4 cm³/mol. The van der Waals surface area contributed by atoms with Crippen LogP contribution in [0.3, 0.4) is 0 Å². The Balaban J connectivity index is 2.63. The topological polar surface area (TPSA) is 51.8 Å². The zero-order chi connectivity index (χ0) is 10.8. The van der Waals surface area contributed by atoms with Crippen LogP contribution in [0, 0.1) is 13.8 Å². The summed E-state index contributed by atoms with van der Waals surface area (Å²) in [6, 6.07) is 10.0. The summed E-state index contributed by atoms with van der Waals surface area (Å²) in [6.07, 6.45) is 0. The van der Waals surface area contributed by atoms with Crippen LogP contribution in [0.4, 0.5) is 5.82 Å². The van der Waals surface area contributed by atoms with Crippen LogP contribution in [-0.2, 0) is 0 Å². The van der Waals surface area contributed by atoms with E-state index in [2.05, 4.69) is 9.97 Å². The molecule has 0 fully saturated rings. The maximum atomic E-state index is 5.81. The van der Waals surface area contributed by atoms with Gasteiger partial charge in [0.25, 0.3) is 0 Å². The second kappa shape index (κ2) is 3.69. The summed E-state index contributed by atoms with van der Waals surface area (Å²) in [6.45, 7) is 3.79. The van der Waals surface area contributed by atoms with E-state index in [1.54, 1.807) is 0 Å². The van der Waals surface area contributed by atoms with Gasteiger partial charge in [0.05, 0.1) is 5.69 Å². The van der Waals surface area contributed by atoms with Crippen LogP contribution in [0.15, 0.2) is 30.3 Å². The monoisotopic (exact) mass is 199 g/mol. The van der Waals surface area contributed by atoms with Crippen molar-refractivity contribution in [2.24, 2.45) is 0 Å². The summed E-state index contributed by atoms with van der Waals surface area (Å²) in [5, 5.41) is 0. The van der Waals surface area contributed by atoms with Crippen LogP contribution in [0.1, 0.15) is 11.4 Å². The lowest BCUT2D eigenvalue weighted by atomic mass is 10.1. The van der Waals surface area contributed by atoms with Gasteiger partial charge in [0.1, 0.15) is 11.6 Å². The number of nitrogens with zero attached hydrogens (tertiary/aromatic N) is 2. The molecule has 1 heterocycles. The molecule has 2 aromatic rings. The molecule has 0 aliphatic rings. The number of nitrogens with two attached hydrogens (primary N) is 1. The molecule has 2 N–H and O–H groups in total. The highest BCUT2D eigenvalue weighted by Gasteiger charge is 2.07. The minimum Gasteiger partial charge on any atom is -0.383 e. The molecular formula is C12H13N3. The summed E-state index contributed by atoms with van der Waals surface area (Å²) in [5.74, 6) is 1.26. The van der Waals surface area contributed by atoms with Crippen LogP contribution >= 0.6 is 0 Å². The van der Waals surface area contributed by atoms with Gasteiger partial charge >= 0.3 is 0 Å². The second-order valence-corrected chi connectivity index (χ2v) is 3.50. The molecule has 2 rings (SSSR count). The summed E-state index contributed by atoms with van der Waals surface area (Å²) in [7, 11) is 0. The van der Waals surface area contributed by atoms with Gasteiger partial charge in [-0.15, -0.1) is 0 Å². The maximum Gasteiger partial charge on any atom is 0.130 e. The average Bonchev–Trinajstić information content (AvgIpc) is 2.24. The molecule has 76 valence electrons. The molecule has 0 unspecified atom stereocenters. The van der Waals surface area contributed by atoms with Crippen LogP contribution in [-0.4, -0.2) is 9.97 Å². The van der Waals surface area contributed by atoms with Crippen LogP contribution in [0.2, 0.25) is 0 Å². The Morgan fingerprint density at radius 1 is 1.00 bits per heavy atom. The highest BCUT2D eigenvalue weighted by Crippen LogP contribution is 2.23. The minimum atomic E-state index is 0.557. The predicted octanol–water partition coefficient (Wildman–Crippen LogP) is 2.34. The van der Waals surface area contributed by atoms with Gasteiger partial charge in [0.2, 0.25) is 0 Å². The van der Waals surface area contributed by atoms with Gasteiger partial charge in [-0.3, -0.25) is 0 Å². The van der Waals surface area contributed by atoms with Crippen LogP contribution in [0.25, 0.3) is 11.3 Å². The molecule has 0 radical (unpaired) electrons. The molecule has 0 spiro atoms. The highest BCUT2D eigenvalue weighted by atomic mass is 14.9. The number of rotatable bonds is 1. The number of hydrogen-bond acceptors (Lipinski definition) is 3. The molecule has 3 heteroatoms. The van der Waals surface area contributed by atoms with Crippen molar-refractivity contribution < 1.29 is 0 Å². The van der Waals surface area contributed by atoms with Crippen molar-refractivity contribution in [1.29, 1.82) is 0 Å². The van der Waals surface area contributed by atoms with Crippen molar-refractivity contribution in [3.05, 3.63) is 41.7 Å². The van der Waals surface area contributed by atoms with Gasteiger partial charge in [-0.25, -0.2) is 9.97 Å². The molecule has 0 amide bonds. The largest absolute Gasteiger partial charge is 0.383 e. The maximum absolute atomic E-state index is 5.81. The van der Waals surface area contributed by atoms with Gasteiger partial charge in [0, 0.05) is 11.1 Å². The third-order valence-electron chi connectivity index (χ3n) is 2.34. The first kappa shape index (κ1) is 9.65. The van der Waals surface area contributed by atoms with E-state index in [0.717, 1.165) is 16.8 Å². The molecule has 0 atom stereocenters. The summed E-state index contributed by atoms with van der Waals surface area (Å²) in [4.78, 5) is 8.54. The Kier molecular flexibility index (Phi) is 2.37. The Hall–Kier alpha value is -1.90. The standard InChI is InChI=1S/C12H13N3/c1-8-11(10-6-4-3-5-7-10)14-9(2)15-12(8)13/h3-7H,1-2H3,(H2,13,14,15). The van der Waals surface area contributed by atoms with Crippen molar-refractivity contribution >= 4 is 5.82 Å². The van der Waals surface area contributed by atoms with E-state index in [1.165, 1.54) is 0 Å². The van der Waals surface area contributed by atoms with E-state index in [1.807, 2.05) is 44.2 Å². The van der Waals surface area contributed by atoms with Crippen molar-refractivity contribution in [3.63, 3.8) is 0 Å². The average molecular weight is 199 g/mol. The fourth-order valence-corrected chi connectivity index (χ4v) is 1.53. The van der Waals surface area contributed by atoms with Crippen LogP contribution in [0.5, 0.6) is 0 Å². The van der Waals surface area contributed by atoms with Crippen molar-refractivity contribution in [2.75, 3.05) is 5.73 Å². The normalized spacial score (nSPS) is 10.3. The summed E-state index contributed by atoms with van der Waals surface area (Å²) < 4.78 is 0. The lowest BCUT2D eigenvalue weighted by molar-refractivity contribution is 1.05. The Labute approximate surface area is 89.0 Å². The van der Waals surface area contributed by atoms with E-state index in [0.29, 0.717) is 11.6 Å². The number of benzene rings is 1. The number of aryl methyl sites for hydroxylation is 1. The third kappa shape index (κ3) is 1.81. The molecule has 15 heavy (non-hydrogen) atoms. The third-order valence-corrected chi connectivity index (χ3v) is 2.34. The van der Waals surface area contributed by atoms with E-state index >= 15 is 0 Å². The summed E-state index contributed by atoms with van der Waals surface area (Å²) >= 11 is 0. The molecule has 3 nitrogen and oxygen atoms in total. The zero-order valence-corrected chi connectivity index (χ0v) is 8.86. The molecule has 1 aromatic carbocycles. The van der Waals surface area contributed by atoms with Crippen LogP contribution < -0.4 is 5.73 Å². The number of aromatic nitrogens is 2. The molecule has 1 aromatic heterocycles. The van der Waals surface area contributed by atoms with Gasteiger partial charge < -0.3 is 5.73 Å². The lowest BCUT2D eigenvalue weighted by Gasteiger charge is -2.07.